The van der Waals surface area contributed by atoms with Crippen LogP contribution in [0.25, 0.3) is 11.4 Å². The van der Waals surface area contributed by atoms with Crippen molar-refractivity contribution in [3.8, 4) is 11.4 Å². The smallest absolute Gasteiger partial charge is 0.182 e. The van der Waals surface area contributed by atoms with Crippen molar-refractivity contribution >= 4 is 11.6 Å². The Balaban J connectivity index is 1.81. The third-order valence-electron chi connectivity index (χ3n) is 3.79. The number of tetrazole rings is 1. The predicted molar refractivity (Wildman–Crippen MR) is 74.9 cm³/mol. The Bertz CT molecular complexity index is 525. The first-order valence-electron chi connectivity index (χ1n) is 6.80. The highest BCUT2D eigenvalue weighted by molar-refractivity contribution is 6.20. The summed E-state index contributed by atoms with van der Waals surface area (Å²) >= 11 is 6.42. The lowest BCUT2D eigenvalue weighted by Crippen LogP contribution is -2.25. The molecule has 0 saturated heterocycles. The molecular weight excluding hydrogens is 260 g/mol. The van der Waals surface area contributed by atoms with Crippen LogP contribution in [0.4, 0.5) is 0 Å². The van der Waals surface area contributed by atoms with Gasteiger partial charge in [0.25, 0.3) is 0 Å². The number of rotatable bonds is 3. The van der Waals surface area contributed by atoms with Crippen molar-refractivity contribution in [2.24, 2.45) is 5.92 Å². The Labute approximate surface area is 117 Å². The summed E-state index contributed by atoms with van der Waals surface area (Å²) in [7, 11) is 0. The van der Waals surface area contributed by atoms with Gasteiger partial charge < -0.3 is 0 Å². The number of alkyl halides is 1. The van der Waals surface area contributed by atoms with Gasteiger partial charge in [-0.05, 0) is 29.2 Å². The van der Waals surface area contributed by atoms with E-state index in [4.69, 9.17) is 11.6 Å². The van der Waals surface area contributed by atoms with Crippen LogP contribution < -0.4 is 0 Å². The first kappa shape index (κ1) is 12.6. The lowest BCUT2D eigenvalue weighted by molar-refractivity contribution is 0.313. The summed E-state index contributed by atoms with van der Waals surface area (Å²) < 4.78 is 1.89. The summed E-state index contributed by atoms with van der Waals surface area (Å²) in [5.41, 5.74) is 1.05. The van der Waals surface area contributed by atoms with Gasteiger partial charge in [-0.3, -0.25) is 0 Å². The van der Waals surface area contributed by atoms with Gasteiger partial charge in [0.15, 0.2) is 5.82 Å². The summed E-state index contributed by atoms with van der Waals surface area (Å²) in [6.45, 7) is 0.811. The molecular formula is C14H17ClN4. The molecule has 1 heterocycles. The van der Waals surface area contributed by atoms with Crippen molar-refractivity contribution in [3.63, 3.8) is 0 Å². The monoisotopic (exact) mass is 276 g/mol. The SMILES string of the molecule is Cl[C@@H]1CCCC[C@@H]1Cn1nnnc1-c1ccccc1. The van der Waals surface area contributed by atoms with E-state index >= 15 is 0 Å². The van der Waals surface area contributed by atoms with E-state index in [0.29, 0.717) is 5.92 Å². The molecule has 0 unspecified atom stereocenters. The molecule has 3 rings (SSSR count). The molecule has 19 heavy (non-hydrogen) atoms. The van der Waals surface area contributed by atoms with Gasteiger partial charge in [0.05, 0.1) is 0 Å². The van der Waals surface area contributed by atoms with E-state index in [1.54, 1.807) is 0 Å². The molecule has 1 saturated carbocycles. The van der Waals surface area contributed by atoms with Crippen molar-refractivity contribution in [2.45, 2.75) is 37.6 Å². The van der Waals surface area contributed by atoms with Gasteiger partial charge in [-0.25, -0.2) is 4.68 Å². The molecule has 0 bridgehead atoms. The normalized spacial score (nSPS) is 23.4. The van der Waals surface area contributed by atoms with Crippen molar-refractivity contribution in [1.82, 2.24) is 20.2 Å². The van der Waals surface area contributed by atoms with E-state index in [1.165, 1.54) is 19.3 Å². The Kier molecular flexibility index (Phi) is 3.78. The maximum absolute atomic E-state index is 6.42. The van der Waals surface area contributed by atoms with Gasteiger partial charge in [0.1, 0.15) is 0 Å². The lowest BCUT2D eigenvalue weighted by atomic mass is 9.89. The molecule has 2 aromatic rings. The molecule has 0 N–H and O–H groups in total. The number of hydrogen-bond acceptors (Lipinski definition) is 3. The van der Waals surface area contributed by atoms with Crippen LogP contribution in [0.5, 0.6) is 0 Å². The Morgan fingerprint density at radius 1 is 1.16 bits per heavy atom. The molecule has 1 aliphatic rings. The fourth-order valence-electron chi connectivity index (χ4n) is 2.71. The minimum Gasteiger partial charge on any atom is -0.225 e. The van der Waals surface area contributed by atoms with Crippen molar-refractivity contribution < 1.29 is 0 Å². The van der Waals surface area contributed by atoms with Crippen LogP contribution in [0.15, 0.2) is 30.3 Å². The van der Waals surface area contributed by atoms with Crippen LogP contribution in [0.2, 0.25) is 0 Å². The van der Waals surface area contributed by atoms with Gasteiger partial charge in [-0.1, -0.05) is 43.2 Å². The Hall–Kier alpha value is -1.42. The second-order valence-corrected chi connectivity index (χ2v) is 5.67. The fraction of sp³-hybridized carbons (Fsp3) is 0.500. The number of hydrogen-bond donors (Lipinski definition) is 0. The van der Waals surface area contributed by atoms with Gasteiger partial charge in [0, 0.05) is 17.5 Å². The van der Waals surface area contributed by atoms with Crippen LogP contribution >= 0.6 is 11.6 Å². The number of nitrogens with zero attached hydrogens (tertiary/aromatic N) is 4. The van der Waals surface area contributed by atoms with Crippen LogP contribution in [-0.2, 0) is 6.54 Å². The zero-order valence-electron chi connectivity index (χ0n) is 10.7. The first-order valence-corrected chi connectivity index (χ1v) is 7.24. The van der Waals surface area contributed by atoms with E-state index in [2.05, 4.69) is 15.5 Å². The second-order valence-electron chi connectivity index (χ2n) is 5.11. The number of aromatic nitrogens is 4. The predicted octanol–water partition coefficient (Wildman–Crippen LogP) is 3.14. The largest absolute Gasteiger partial charge is 0.225 e. The molecule has 100 valence electrons. The average Bonchev–Trinajstić information content (AvgIpc) is 2.91. The third kappa shape index (κ3) is 2.78. The quantitative estimate of drug-likeness (QED) is 0.809. The van der Waals surface area contributed by atoms with Crippen molar-refractivity contribution in [2.75, 3.05) is 0 Å². The average molecular weight is 277 g/mol. The van der Waals surface area contributed by atoms with Crippen molar-refractivity contribution in [1.29, 1.82) is 0 Å². The molecule has 1 aliphatic carbocycles. The summed E-state index contributed by atoms with van der Waals surface area (Å²) in [6, 6.07) is 10.1. The topological polar surface area (TPSA) is 43.6 Å². The van der Waals surface area contributed by atoms with Gasteiger partial charge in [-0.15, -0.1) is 16.7 Å². The maximum Gasteiger partial charge on any atom is 0.182 e. The molecule has 1 aromatic carbocycles. The summed E-state index contributed by atoms with van der Waals surface area (Å²) in [6.07, 6.45) is 4.78. The summed E-state index contributed by atoms with van der Waals surface area (Å²) in [4.78, 5) is 0. The molecule has 0 radical (unpaired) electrons. The standard InChI is InChI=1S/C14H17ClN4/c15-13-9-5-4-8-12(13)10-19-14(16-17-18-19)11-6-2-1-3-7-11/h1-3,6-7,12-13H,4-5,8-10H2/t12-,13-/m1/s1. The van der Waals surface area contributed by atoms with E-state index in [-0.39, 0.29) is 5.38 Å². The molecule has 0 aliphatic heterocycles. The molecule has 2 atom stereocenters. The van der Waals surface area contributed by atoms with E-state index < -0.39 is 0 Å². The molecule has 5 heteroatoms. The third-order valence-corrected chi connectivity index (χ3v) is 4.36. The van der Waals surface area contributed by atoms with Crippen LogP contribution in [0.1, 0.15) is 25.7 Å². The van der Waals surface area contributed by atoms with Crippen molar-refractivity contribution in [3.05, 3.63) is 30.3 Å². The van der Waals surface area contributed by atoms with E-state index in [9.17, 15) is 0 Å². The van der Waals surface area contributed by atoms with E-state index in [0.717, 1.165) is 24.4 Å². The van der Waals surface area contributed by atoms with Crippen LogP contribution in [-0.4, -0.2) is 25.6 Å². The molecule has 4 nitrogen and oxygen atoms in total. The highest BCUT2D eigenvalue weighted by Crippen LogP contribution is 2.30. The highest BCUT2D eigenvalue weighted by Gasteiger charge is 2.25. The summed E-state index contributed by atoms with van der Waals surface area (Å²) in [5, 5.41) is 12.3. The number of benzene rings is 1. The Morgan fingerprint density at radius 2 is 1.95 bits per heavy atom. The van der Waals surface area contributed by atoms with Crippen LogP contribution in [0, 0.1) is 5.92 Å². The van der Waals surface area contributed by atoms with E-state index in [1.807, 2.05) is 35.0 Å². The maximum atomic E-state index is 6.42. The first-order chi connectivity index (χ1) is 9.34. The zero-order chi connectivity index (χ0) is 13.1. The molecule has 0 amide bonds. The highest BCUT2D eigenvalue weighted by atomic mass is 35.5. The summed E-state index contributed by atoms with van der Waals surface area (Å²) in [5.74, 6) is 1.30. The van der Waals surface area contributed by atoms with Crippen LogP contribution in [0.3, 0.4) is 0 Å². The lowest BCUT2D eigenvalue weighted by Gasteiger charge is -2.26. The molecule has 0 spiro atoms. The minimum absolute atomic E-state index is 0.251. The van der Waals surface area contributed by atoms with Gasteiger partial charge in [-0.2, -0.15) is 0 Å². The fourth-order valence-corrected chi connectivity index (χ4v) is 3.07. The molecule has 1 aromatic heterocycles. The Morgan fingerprint density at radius 3 is 2.74 bits per heavy atom. The van der Waals surface area contributed by atoms with Gasteiger partial charge in [0.2, 0.25) is 0 Å². The zero-order valence-corrected chi connectivity index (χ0v) is 11.5. The molecule has 1 fully saturated rings. The van der Waals surface area contributed by atoms with Gasteiger partial charge >= 0.3 is 0 Å². The minimum atomic E-state index is 0.251. The number of halogens is 1. The second kappa shape index (κ2) is 5.70.